The maximum atomic E-state index is 5.16. The molecule has 0 saturated carbocycles. The molecular formula is C58H41N5S. The van der Waals surface area contributed by atoms with Crippen molar-refractivity contribution in [3.8, 4) is 79.2 Å². The largest absolute Gasteiger partial charge is 0.228 e. The molecule has 2 aliphatic carbocycles. The van der Waals surface area contributed by atoms with E-state index in [0.717, 1.165) is 57.0 Å². The van der Waals surface area contributed by atoms with Gasteiger partial charge in [0.2, 0.25) is 0 Å². The molecule has 64 heavy (non-hydrogen) atoms. The third kappa shape index (κ3) is 6.57. The van der Waals surface area contributed by atoms with Crippen molar-refractivity contribution in [2.45, 2.75) is 31.6 Å². The van der Waals surface area contributed by atoms with Crippen LogP contribution in [0.3, 0.4) is 0 Å². The lowest BCUT2D eigenvalue weighted by molar-refractivity contribution is 0.658. The van der Waals surface area contributed by atoms with Gasteiger partial charge in [-0.2, -0.15) is 0 Å². The van der Waals surface area contributed by atoms with E-state index in [1.54, 1.807) is 0 Å². The van der Waals surface area contributed by atoms with E-state index in [-0.39, 0.29) is 11.3 Å². The van der Waals surface area contributed by atoms with Gasteiger partial charge < -0.3 is 0 Å². The summed E-state index contributed by atoms with van der Waals surface area (Å²) in [6, 6.07) is 63.7. The molecule has 1 unspecified atom stereocenters. The second-order valence-corrected chi connectivity index (χ2v) is 18.3. The van der Waals surface area contributed by atoms with Crippen LogP contribution in [0.1, 0.15) is 42.9 Å². The van der Waals surface area contributed by atoms with Crippen LogP contribution in [-0.4, -0.2) is 24.9 Å². The second kappa shape index (κ2) is 15.3. The van der Waals surface area contributed by atoms with Crippen molar-refractivity contribution >= 4 is 33.6 Å². The van der Waals surface area contributed by atoms with Gasteiger partial charge in [0.25, 0.3) is 0 Å². The molecule has 10 aromatic rings. The molecule has 0 bridgehead atoms. The second-order valence-electron chi connectivity index (χ2n) is 17.2. The van der Waals surface area contributed by atoms with Crippen LogP contribution in [0.15, 0.2) is 182 Å². The van der Waals surface area contributed by atoms with Gasteiger partial charge in [0.1, 0.15) is 0 Å². The number of benzene rings is 7. The number of hydrogen-bond acceptors (Lipinski definition) is 6. The van der Waals surface area contributed by atoms with Crippen molar-refractivity contribution in [2.75, 3.05) is 0 Å². The fourth-order valence-electron chi connectivity index (χ4n) is 9.54. The van der Waals surface area contributed by atoms with E-state index >= 15 is 0 Å². The summed E-state index contributed by atoms with van der Waals surface area (Å²) in [5.74, 6) is 2.99. The molecule has 0 radical (unpaired) electrons. The van der Waals surface area contributed by atoms with Gasteiger partial charge in [-0.05, 0) is 57.7 Å². The highest BCUT2D eigenvalue weighted by molar-refractivity contribution is 7.17. The number of hydrogen-bond donors (Lipinski definition) is 0. The number of fused-ring (bicyclic) bond motifs is 6. The summed E-state index contributed by atoms with van der Waals surface area (Å²) in [4.78, 5) is 25.5. The Morgan fingerprint density at radius 1 is 0.453 bits per heavy atom. The molecule has 2 aliphatic rings. The van der Waals surface area contributed by atoms with Gasteiger partial charge in [0, 0.05) is 59.3 Å². The Kier molecular flexibility index (Phi) is 9.09. The van der Waals surface area contributed by atoms with Crippen molar-refractivity contribution in [1.82, 2.24) is 24.9 Å². The zero-order valence-electron chi connectivity index (χ0n) is 35.4. The van der Waals surface area contributed by atoms with Crippen LogP contribution in [0, 0.1) is 0 Å². The summed E-state index contributed by atoms with van der Waals surface area (Å²) < 4.78 is 2.50. The van der Waals surface area contributed by atoms with Crippen molar-refractivity contribution in [1.29, 1.82) is 0 Å². The summed E-state index contributed by atoms with van der Waals surface area (Å²) in [6.07, 6.45) is 5.86. The summed E-state index contributed by atoms with van der Waals surface area (Å²) in [6.45, 7) is 4.72. The van der Waals surface area contributed by atoms with E-state index in [1.165, 1.54) is 47.7 Å². The van der Waals surface area contributed by atoms with Crippen molar-refractivity contribution < 1.29 is 0 Å². The maximum Gasteiger partial charge on any atom is 0.165 e. The average molecular weight is 840 g/mol. The normalized spacial score (nSPS) is 14.6. The van der Waals surface area contributed by atoms with E-state index in [9.17, 15) is 0 Å². The van der Waals surface area contributed by atoms with Crippen molar-refractivity contribution in [3.05, 3.63) is 208 Å². The topological polar surface area (TPSA) is 64.5 Å². The Morgan fingerprint density at radius 3 is 1.59 bits per heavy atom. The number of nitrogens with zero attached hydrogens (tertiary/aromatic N) is 5. The molecule has 6 heteroatoms. The number of aromatic nitrogens is 5. The molecule has 7 aromatic carbocycles. The summed E-state index contributed by atoms with van der Waals surface area (Å²) in [5.41, 5.74) is 14.3. The highest BCUT2D eigenvalue weighted by Gasteiger charge is 2.36. The predicted octanol–water partition coefficient (Wildman–Crippen LogP) is 12.9. The Labute approximate surface area is 375 Å². The molecule has 3 heterocycles. The molecule has 0 saturated heterocycles. The SMILES string of the molecule is CC1(C)c2cc(-c3nc(-c4ccccc4)cc(-c4ccccc4)n3)ccc2-c2ccc(C3C=c4c(sc5c(-c6nc(-c7ccccc7)nc(-c7ccccc7)n6)cccc45)=CC3)cc21. The molecule has 0 fully saturated rings. The smallest absolute Gasteiger partial charge is 0.165 e. The minimum atomic E-state index is -0.217. The zero-order chi connectivity index (χ0) is 42.8. The average Bonchev–Trinajstić information content (AvgIpc) is 3.85. The number of rotatable bonds is 7. The lowest BCUT2D eigenvalue weighted by atomic mass is 9.80. The van der Waals surface area contributed by atoms with Gasteiger partial charge >= 0.3 is 0 Å². The predicted molar refractivity (Wildman–Crippen MR) is 263 cm³/mol. The first-order valence-electron chi connectivity index (χ1n) is 21.9. The van der Waals surface area contributed by atoms with Crippen molar-refractivity contribution in [2.24, 2.45) is 0 Å². The first-order valence-corrected chi connectivity index (χ1v) is 22.7. The zero-order valence-corrected chi connectivity index (χ0v) is 36.2. The van der Waals surface area contributed by atoms with Crippen LogP contribution in [0.2, 0.25) is 0 Å². The number of thiophene rings is 1. The van der Waals surface area contributed by atoms with Gasteiger partial charge in [-0.15, -0.1) is 11.3 Å². The fraction of sp³-hybridized carbons (Fsp3) is 0.0862. The summed E-state index contributed by atoms with van der Waals surface area (Å²) in [7, 11) is 0. The molecule has 0 aliphatic heterocycles. The quantitative estimate of drug-likeness (QED) is 0.160. The maximum absolute atomic E-state index is 5.16. The minimum Gasteiger partial charge on any atom is -0.228 e. The van der Waals surface area contributed by atoms with Gasteiger partial charge in [0.15, 0.2) is 23.3 Å². The van der Waals surface area contributed by atoms with Gasteiger partial charge in [-0.3, -0.25) is 0 Å². The van der Waals surface area contributed by atoms with Gasteiger partial charge in [-0.25, -0.2) is 24.9 Å². The Morgan fingerprint density at radius 2 is 0.984 bits per heavy atom. The summed E-state index contributed by atoms with van der Waals surface area (Å²) in [5, 5.41) is 2.52. The van der Waals surface area contributed by atoms with Crippen LogP contribution in [-0.2, 0) is 5.41 Å². The molecule has 1 atom stereocenters. The highest BCUT2D eigenvalue weighted by atomic mass is 32.1. The van der Waals surface area contributed by atoms with E-state index in [4.69, 9.17) is 24.9 Å². The van der Waals surface area contributed by atoms with E-state index < -0.39 is 0 Å². The molecule has 0 amide bonds. The van der Waals surface area contributed by atoms with Crippen LogP contribution in [0.5, 0.6) is 0 Å². The lowest BCUT2D eigenvalue weighted by Crippen LogP contribution is -2.24. The van der Waals surface area contributed by atoms with Crippen LogP contribution in [0.4, 0.5) is 0 Å². The Balaban J connectivity index is 0.904. The molecule has 0 N–H and O–H groups in total. The monoisotopic (exact) mass is 839 g/mol. The van der Waals surface area contributed by atoms with Gasteiger partial charge in [0.05, 0.1) is 11.4 Å². The molecular weight excluding hydrogens is 799 g/mol. The fourth-order valence-corrected chi connectivity index (χ4v) is 10.8. The molecule has 304 valence electrons. The van der Waals surface area contributed by atoms with Gasteiger partial charge in [-0.1, -0.05) is 190 Å². The van der Waals surface area contributed by atoms with E-state index in [1.807, 2.05) is 59.9 Å². The molecule has 5 nitrogen and oxygen atoms in total. The lowest BCUT2D eigenvalue weighted by Gasteiger charge is -2.23. The summed E-state index contributed by atoms with van der Waals surface area (Å²) >= 11 is 1.83. The Hall–Kier alpha value is -7.67. The third-order valence-corrected chi connectivity index (χ3v) is 14.2. The standard InChI is InChI=1S/C58H41N5S/c1-58(2)48-33-41(26-29-43(48)44-30-27-42(34-49(44)58)56-59-50(36-16-7-3-8-17-36)35-51(60-56)37-18-9-4-10-19-37)40-28-31-52-47(32-40)45-24-15-25-46(53(45)64-52)57-62-54(38-20-11-5-12-21-38)61-55(63-57)39-22-13-6-14-23-39/h3-27,29-35,40H,28H2,1-2H3. The minimum absolute atomic E-state index is 0.217. The van der Waals surface area contributed by atoms with Crippen LogP contribution < -0.4 is 9.75 Å². The molecule has 12 rings (SSSR count). The molecule has 0 spiro atoms. The van der Waals surface area contributed by atoms with Crippen molar-refractivity contribution in [3.63, 3.8) is 0 Å². The first-order chi connectivity index (χ1) is 31.4. The Bertz CT molecular complexity index is 3430. The highest BCUT2D eigenvalue weighted by Crippen LogP contribution is 2.50. The van der Waals surface area contributed by atoms with E-state index in [0.29, 0.717) is 17.5 Å². The van der Waals surface area contributed by atoms with Crippen LogP contribution >= 0.6 is 11.3 Å². The third-order valence-electron chi connectivity index (χ3n) is 12.9. The molecule has 3 aromatic heterocycles. The first kappa shape index (κ1) is 38.0. The van der Waals surface area contributed by atoms with E-state index in [2.05, 4.69) is 159 Å². The van der Waals surface area contributed by atoms with Crippen LogP contribution in [0.25, 0.3) is 101 Å².